The van der Waals surface area contributed by atoms with Crippen LogP contribution in [-0.4, -0.2) is 24.0 Å². The van der Waals surface area contributed by atoms with E-state index in [-0.39, 0.29) is 17.9 Å². The molecule has 0 aromatic rings. The van der Waals surface area contributed by atoms with Crippen LogP contribution in [0.15, 0.2) is 11.5 Å². The molecule has 1 saturated carbocycles. The Kier molecular flexibility index (Phi) is 6.75. The third-order valence-electron chi connectivity index (χ3n) is 5.37. The molecule has 0 spiro atoms. The zero-order valence-corrected chi connectivity index (χ0v) is 16.3. The normalized spacial score (nSPS) is 19.7. The summed E-state index contributed by atoms with van der Waals surface area (Å²) in [5.74, 6) is 3.33. The fraction of sp³-hybridized carbons (Fsp3) is 0.833. The first-order valence-electron chi connectivity index (χ1n) is 8.45. The van der Waals surface area contributed by atoms with Gasteiger partial charge in [-0.1, -0.05) is 47.0 Å². The minimum absolute atomic E-state index is 0.134. The van der Waals surface area contributed by atoms with E-state index in [1.807, 2.05) is 0 Å². The number of rotatable bonds is 6. The van der Waals surface area contributed by atoms with E-state index in [1.54, 1.807) is 0 Å². The second-order valence-corrected chi connectivity index (χ2v) is 9.39. The molecule has 0 heterocycles. The van der Waals surface area contributed by atoms with E-state index in [9.17, 15) is 0 Å². The van der Waals surface area contributed by atoms with Crippen molar-refractivity contribution in [1.29, 1.82) is 0 Å². The standard InChI is InChI=1S/C18H34BOP/c1-9-16(13-21-14(2)15-11-10-12-15)19(8)20-18(6,7)17(3,4)5/h9,13-15H,10-12H2,1-8H3/b16-9+. The fourth-order valence-electron chi connectivity index (χ4n) is 2.35. The van der Waals surface area contributed by atoms with Crippen LogP contribution >= 0.6 is 8.20 Å². The lowest BCUT2D eigenvalue weighted by atomic mass is 9.61. The SMILES string of the molecule is C/C=C(\C=PC(C)C1CCC1)B(C)OC(C)(C)C(C)(C)C. The van der Waals surface area contributed by atoms with Crippen LogP contribution in [0.4, 0.5) is 0 Å². The molecular formula is C18H34BOP. The van der Waals surface area contributed by atoms with Crippen LogP contribution in [-0.2, 0) is 4.65 Å². The van der Waals surface area contributed by atoms with Crippen molar-refractivity contribution in [2.24, 2.45) is 11.3 Å². The van der Waals surface area contributed by atoms with Crippen molar-refractivity contribution in [2.75, 3.05) is 0 Å². The van der Waals surface area contributed by atoms with Crippen molar-refractivity contribution in [2.45, 2.75) is 85.8 Å². The molecule has 0 radical (unpaired) electrons. The summed E-state index contributed by atoms with van der Waals surface area (Å²) in [6.07, 6.45) is 6.50. The van der Waals surface area contributed by atoms with E-state index in [0.29, 0.717) is 0 Å². The molecule has 1 aliphatic rings. The van der Waals surface area contributed by atoms with Crippen molar-refractivity contribution >= 4 is 20.9 Å². The monoisotopic (exact) mass is 308 g/mol. The second-order valence-electron chi connectivity index (χ2n) is 8.02. The molecule has 0 aromatic heterocycles. The Labute approximate surface area is 134 Å². The van der Waals surface area contributed by atoms with Crippen LogP contribution in [0.1, 0.15) is 67.7 Å². The maximum atomic E-state index is 6.38. The average Bonchev–Trinajstić information content (AvgIpc) is 2.24. The summed E-state index contributed by atoms with van der Waals surface area (Å²) >= 11 is 0. The molecule has 3 heteroatoms. The van der Waals surface area contributed by atoms with Gasteiger partial charge in [0.2, 0.25) is 0 Å². The van der Waals surface area contributed by atoms with E-state index < -0.39 is 0 Å². The van der Waals surface area contributed by atoms with Gasteiger partial charge in [0.15, 0.2) is 0 Å². The Morgan fingerprint density at radius 3 is 2.19 bits per heavy atom. The summed E-state index contributed by atoms with van der Waals surface area (Å²) in [5.41, 5.74) is 2.12. The molecular weight excluding hydrogens is 274 g/mol. The lowest BCUT2D eigenvalue weighted by Gasteiger charge is -2.41. The predicted octanol–water partition coefficient (Wildman–Crippen LogP) is 5.87. The van der Waals surface area contributed by atoms with E-state index in [1.165, 1.54) is 32.9 Å². The van der Waals surface area contributed by atoms with Gasteiger partial charge in [0.25, 0.3) is 0 Å². The number of hydrogen-bond donors (Lipinski definition) is 0. The predicted molar refractivity (Wildman–Crippen MR) is 99.8 cm³/mol. The molecule has 1 unspecified atom stereocenters. The van der Waals surface area contributed by atoms with Gasteiger partial charge in [0.05, 0.1) is 5.60 Å². The summed E-state index contributed by atoms with van der Waals surface area (Å²) in [5, 5.41) is 0. The van der Waals surface area contributed by atoms with E-state index in [0.717, 1.165) is 11.6 Å². The zero-order valence-electron chi connectivity index (χ0n) is 15.4. The van der Waals surface area contributed by atoms with Gasteiger partial charge < -0.3 is 4.65 Å². The van der Waals surface area contributed by atoms with E-state index in [2.05, 4.69) is 67.2 Å². The average molecular weight is 308 g/mol. The van der Waals surface area contributed by atoms with Crippen molar-refractivity contribution in [3.63, 3.8) is 0 Å². The first-order chi connectivity index (χ1) is 9.58. The Balaban J connectivity index is 2.65. The molecule has 0 aromatic carbocycles. The van der Waals surface area contributed by atoms with Gasteiger partial charge in [-0.05, 0) is 56.2 Å². The molecule has 21 heavy (non-hydrogen) atoms. The number of hydrogen-bond acceptors (Lipinski definition) is 1. The Morgan fingerprint density at radius 1 is 1.24 bits per heavy atom. The van der Waals surface area contributed by atoms with Gasteiger partial charge in [0, 0.05) is 5.66 Å². The lowest BCUT2D eigenvalue weighted by Crippen LogP contribution is -2.44. The van der Waals surface area contributed by atoms with Crippen molar-refractivity contribution in [3.8, 4) is 0 Å². The molecule has 0 saturated heterocycles. The molecule has 1 nitrogen and oxygen atoms in total. The van der Waals surface area contributed by atoms with Crippen molar-refractivity contribution in [1.82, 2.24) is 0 Å². The molecule has 0 aliphatic heterocycles. The maximum absolute atomic E-state index is 6.38. The molecule has 0 bridgehead atoms. The highest BCUT2D eigenvalue weighted by Crippen LogP contribution is 2.36. The zero-order chi connectivity index (χ0) is 16.3. The highest BCUT2D eigenvalue weighted by Gasteiger charge is 2.36. The molecule has 0 N–H and O–H groups in total. The van der Waals surface area contributed by atoms with E-state index >= 15 is 0 Å². The second kappa shape index (κ2) is 7.47. The van der Waals surface area contributed by atoms with Gasteiger partial charge in [-0.3, -0.25) is 0 Å². The van der Waals surface area contributed by atoms with E-state index in [4.69, 9.17) is 4.65 Å². The highest BCUT2D eigenvalue weighted by atomic mass is 31.1. The van der Waals surface area contributed by atoms with Gasteiger partial charge in [-0.2, -0.15) is 0 Å². The van der Waals surface area contributed by atoms with Crippen molar-refractivity contribution in [3.05, 3.63) is 11.5 Å². The third-order valence-corrected chi connectivity index (χ3v) is 6.71. The lowest BCUT2D eigenvalue weighted by molar-refractivity contribution is -0.0000969. The molecule has 120 valence electrons. The van der Waals surface area contributed by atoms with Crippen LogP contribution in [0.25, 0.3) is 0 Å². The summed E-state index contributed by atoms with van der Waals surface area (Å²) in [7, 11) is 1.45. The van der Waals surface area contributed by atoms with Crippen LogP contribution in [0.3, 0.4) is 0 Å². The topological polar surface area (TPSA) is 9.23 Å². The summed E-state index contributed by atoms with van der Waals surface area (Å²) in [4.78, 5) is 0. The Hall–Kier alpha value is -0.0651. The Morgan fingerprint density at radius 2 is 1.81 bits per heavy atom. The quantitative estimate of drug-likeness (QED) is 0.440. The van der Waals surface area contributed by atoms with Crippen LogP contribution < -0.4 is 0 Å². The smallest absolute Gasteiger partial charge is 0.324 e. The summed E-state index contributed by atoms with van der Waals surface area (Å²) in [6.45, 7) is 18.0. The van der Waals surface area contributed by atoms with Crippen LogP contribution in [0.5, 0.6) is 0 Å². The van der Waals surface area contributed by atoms with Gasteiger partial charge in [0.1, 0.15) is 0 Å². The maximum Gasteiger partial charge on any atom is 0.324 e. The summed E-state index contributed by atoms with van der Waals surface area (Å²) < 4.78 is 6.38. The molecule has 1 rings (SSSR count). The Bertz CT molecular complexity index is 389. The highest BCUT2D eigenvalue weighted by molar-refractivity contribution is 7.40. The molecule has 1 fully saturated rings. The van der Waals surface area contributed by atoms with Crippen molar-refractivity contribution < 1.29 is 4.65 Å². The largest absolute Gasteiger partial charge is 0.426 e. The molecule has 1 atom stereocenters. The minimum Gasteiger partial charge on any atom is -0.426 e. The van der Waals surface area contributed by atoms with Gasteiger partial charge >= 0.3 is 6.92 Å². The van der Waals surface area contributed by atoms with Gasteiger partial charge in [-0.15, -0.1) is 8.20 Å². The first kappa shape index (κ1) is 19.0. The molecule has 1 aliphatic carbocycles. The number of allylic oxidation sites excluding steroid dienone is 2. The first-order valence-corrected chi connectivity index (χ1v) is 9.49. The molecule has 0 amide bonds. The third kappa shape index (κ3) is 5.25. The van der Waals surface area contributed by atoms with Crippen LogP contribution in [0, 0.1) is 11.3 Å². The van der Waals surface area contributed by atoms with Crippen LogP contribution in [0.2, 0.25) is 6.82 Å². The minimum atomic E-state index is -0.134. The van der Waals surface area contributed by atoms with Gasteiger partial charge in [-0.25, -0.2) is 0 Å². The summed E-state index contributed by atoms with van der Waals surface area (Å²) in [6, 6.07) is 0. The fourth-order valence-corrected chi connectivity index (χ4v) is 3.66.